The molecule has 2 N–H and O–H groups in total. The normalized spacial score (nSPS) is 17.2. The molecule has 2 aromatic carbocycles. The summed E-state index contributed by atoms with van der Waals surface area (Å²) in [5.41, 5.74) is 7.75. The molecule has 0 amide bonds. The van der Waals surface area contributed by atoms with E-state index in [2.05, 4.69) is 4.90 Å². The fourth-order valence-electron chi connectivity index (χ4n) is 4.63. The predicted molar refractivity (Wildman–Crippen MR) is 126 cm³/mol. The lowest BCUT2D eigenvalue weighted by Gasteiger charge is -2.41. The summed E-state index contributed by atoms with van der Waals surface area (Å²) in [5.74, 6) is 0.737. The van der Waals surface area contributed by atoms with Gasteiger partial charge in [-0.3, -0.25) is 0 Å². The Morgan fingerprint density at radius 3 is 2.67 bits per heavy atom. The molecule has 0 atom stereocenters. The van der Waals surface area contributed by atoms with E-state index < -0.39 is 11.6 Å². The Balaban J connectivity index is 1.61. The molecule has 1 saturated heterocycles. The molecule has 0 aromatic heterocycles. The number of likely N-dealkylation sites (tertiary alicyclic amines) is 1. The summed E-state index contributed by atoms with van der Waals surface area (Å²) < 4.78 is 17.3. The van der Waals surface area contributed by atoms with Crippen LogP contribution < -0.4 is 15.2 Å². The first-order valence-electron chi connectivity index (χ1n) is 11.2. The highest BCUT2D eigenvalue weighted by atomic mass is 35.5. The molecule has 176 valence electrons. The lowest BCUT2D eigenvalue weighted by Crippen LogP contribution is -2.45. The number of ether oxygens (including phenoxy) is 3. The minimum Gasteiger partial charge on any atom is -0.497 e. The molecule has 0 saturated carbocycles. The van der Waals surface area contributed by atoms with E-state index in [0.717, 1.165) is 49.2 Å². The molecule has 8 heteroatoms. The van der Waals surface area contributed by atoms with Gasteiger partial charge in [-0.25, -0.2) is 4.79 Å². The number of halogens is 1. The van der Waals surface area contributed by atoms with E-state index in [4.69, 9.17) is 31.5 Å². The maximum atomic E-state index is 13.5. The van der Waals surface area contributed by atoms with Gasteiger partial charge in [-0.05, 0) is 36.7 Å². The van der Waals surface area contributed by atoms with E-state index in [9.17, 15) is 9.59 Å². The fraction of sp³-hybridized carbons (Fsp3) is 0.440. The second-order valence-corrected chi connectivity index (χ2v) is 8.90. The average Bonchev–Trinajstić information content (AvgIpc) is 3.33. The van der Waals surface area contributed by atoms with Crippen molar-refractivity contribution in [3.05, 3.63) is 52.0 Å². The van der Waals surface area contributed by atoms with Gasteiger partial charge in [-0.15, -0.1) is 0 Å². The highest BCUT2D eigenvalue weighted by Crippen LogP contribution is 2.42. The number of nitrogen functional groups attached to an aromatic ring is 1. The van der Waals surface area contributed by atoms with Crippen molar-refractivity contribution in [3.63, 3.8) is 0 Å². The third-order valence-electron chi connectivity index (χ3n) is 6.55. The molecule has 0 aliphatic carbocycles. The van der Waals surface area contributed by atoms with Gasteiger partial charge in [0, 0.05) is 44.3 Å². The first kappa shape index (κ1) is 23.4. The number of hydrogen-bond donors (Lipinski definition) is 1. The topological polar surface area (TPSA) is 91.1 Å². The summed E-state index contributed by atoms with van der Waals surface area (Å²) in [4.78, 5) is 26.4. The van der Waals surface area contributed by atoms with Crippen molar-refractivity contribution in [3.8, 4) is 11.5 Å². The van der Waals surface area contributed by atoms with Crippen LogP contribution in [0.2, 0.25) is 5.02 Å². The number of piperidine rings is 1. The van der Waals surface area contributed by atoms with E-state index in [1.807, 2.05) is 24.3 Å². The van der Waals surface area contributed by atoms with Gasteiger partial charge in [0.05, 0.1) is 24.4 Å². The van der Waals surface area contributed by atoms with Crippen LogP contribution in [0.4, 0.5) is 5.69 Å². The average molecular weight is 473 g/mol. The third kappa shape index (κ3) is 4.80. The molecule has 0 radical (unpaired) electrons. The Morgan fingerprint density at radius 2 is 2.00 bits per heavy atom. The lowest BCUT2D eigenvalue weighted by molar-refractivity contribution is -0.108. The van der Waals surface area contributed by atoms with Crippen LogP contribution >= 0.6 is 11.6 Å². The molecule has 2 aromatic rings. The van der Waals surface area contributed by atoms with E-state index in [1.165, 1.54) is 0 Å². The van der Waals surface area contributed by atoms with Gasteiger partial charge in [0.2, 0.25) is 0 Å². The van der Waals surface area contributed by atoms with Crippen LogP contribution in [0.5, 0.6) is 11.5 Å². The smallest absolute Gasteiger partial charge is 0.342 e. The Kier molecular flexibility index (Phi) is 7.10. The van der Waals surface area contributed by atoms with E-state index in [1.54, 1.807) is 13.2 Å². The second kappa shape index (κ2) is 10.0. The standard InChI is InChI=1S/C25H29ClN2O5/c1-31-18-6-4-17(5-7-18)25(9-12-28(13-10-25)11-2-3-14-29)33-24(30)20-16-21(26)22(27)19-8-15-32-23(19)20/h4-7,14,16H,2-3,8-13,15,27H2,1H3. The summed E-state index contributed by atoms with van der Waals surface area (Å²) >= 11 is 6.32. The van der Waals surface area contributed by atoms with Crippen molar-refractivity contribution >= 4 is 29.5 Å². The number of aldehydes is 1. The number of unbranched alkanes of at least 4 members (excludes halogenated alkanes) is 1. The van der Waals surface area contributed by atoms with E-state index in [0.29, 0.717) is 54.3 Å². The van der Waals surface area contributed by atoms with Crippen molar-refractivity contribution in [2.75, 3.05) is 39.1 Å². The SMILES string of the molecule is COc1ccc(C2(OC(=O)c3cc(Cl)c(N)c4c3OCC4)CCN(CCCC=O)CC2)cc1. The van der Waals surface area contributed by atoms with Gasteiger partial charge >= 0.3 is 5.97 Å². The van der Waals surface area contributed by atoms with Crippen molar-refractivity contribution in [2.24, 2.45) is 0 Å². The van der Waals surface area contributed by atoms with Gasteiger partial charge < -0.3 is 29.6 Å². The highest BCUT2D eigenvalue weighted by Gasteiger charge is 2.41. The lowest BCUT2D eigenvalue weighted by atomic mass is 9.83. The molecule has 2 aliphatic rings. The fourth-order valence-corrected chi connectivity index (χ4v) is 4.85. The van der Waals surface area contributed by atoms with Gasteiger partial charge in [0.15, 0.2) is 0 Å². The minimum atomic E-state index is -0.788. The predicted octanol–water partition coefficient (Wildman–Crippen LogP) is 3.99. The molecule has 7 nitrogen and oxygen atoms in total. The first-order valence-corrected chi connectivity index (χ1v) is 11.6. The number of esters is 1. The van der Waals surface area contributed by atoms with Crippen LogP contribution in [-0.2, 0) is 21.6 Å². The number of hydrogen-bond acceptors (Lipinski definition) is 7. The first-order chi connectivity index (χ1) is 16.0. The zero-order valence-electron chi connectivity index (χ0n) is 18.8. The van der Waals surface area contributed by atoms with Crippen molar-refractivity contribution in [2.45, 2.75) is 37.7 Å². The summed E-state index contributed by atoms with van der Waals surface area (Å²) in [6.07, 6.45) is 4.22. The molecule has 33 heavy (non-hydrogen) atoms. The maximum absolute atomic E-state index is 13.5. The molecule has 2 heterocycles. The minimum absolute atomic E-state index is 0.308. The van der Waals surface area contributed by atoms with Crippen LogP contribution in [0, 0.1) is 0 Å². The van der Waals surface area contributed by atoms with Crippen molar-refractivity contribution < 1.29 is 23.8 Å². The molecule has 0 bridgehead atoms. The molecular weight excluding hydrogens is 444 g/mol. The van der Waals surface area contributed by atoms with Crippen molar-refractivity contribution in [1.29, 1.82) is 0 Å². The number of methoxy groups -OCH3 is 1. The number of rotatable bonds is 8. The Morgan fingerprint density at radius 1 is 1.27 bits per heavy atom. The number of carbonyl (C=O) groups is 2. The zero-order chi connectivity index (χ0) is 23.4. The largest absolute Gasteiger partial charge is 0.497 e. The Bertz CT molecular complexity index is 1020. The van der Waals surface area contributed by atoms with Crippen LogP contribution in [0.25, 0.3) is 0 Å². The number of fused-ring (bicyclic) bond motifs is 1. The van der Waals surface area contributed by atoms with Gasteiger partial charge in [-0.1, -0.05) is 23.7 Å². The summed E-state index contributed by atoms with van der Waals surface area (Å²) in [6, 6.07) is 9.19. The maximum Gasteiger partial charge on any atom is 0.342 e. The Hall–Kier alpha value is -2.77. The highest BCUT2D eigenvalue weighted by molar-refractivity contribution is 6.33. The van der Waals surface area contributed by atoms with E-state index >= 15 is 0 Å². The third-order valence-corrected chi connectivity index (χ3v) is 6.87. The van der Waals surface area contributed by atoms with Crippen molar-refractivity contribution in [1.82, 2.24) is 4.90 Å². The number of anilines is 1. The van der Waals surface area contributed by atoms with Crippen LogP contribution in [0.1, 0.15) is 47.2 Å². The number of carbonyl (C=O) groups excluding carboxylic acids is 2. The molecule has 0 unspecified atom stereocenters. The summed E-state index contributed by atoms with van der Waals surface area (Å²) in [7, 11) is 1.62. The molecule has 2 aliphatic heterocycles. The monoisotopic (exact) mass is 472 g/mol. The number of nitrogens with two attached hydrogens (primary N) is 1. The van der Waals surface area contributed by atoms with E-state index in [-0.39, 0.29) is 0 Å². The van der Waals surface area contributed by atoms with Crippen LogP contribution in [-0.4, -0.2) is 50.5 Å². The zero-order valence-corrected chi connectivity index (χ0v) is 19.5. The van der Waals surface area contributed by atoms with Gasteiger partial charge in [0.1, 0.15) is 28.9 Å². The molecule has 4 rings (SSSR count). The Labute approximate surface area is 198 Å². The molecule has 0 spiro atoms. The van der Waals surface area contributed by atoms with Gasteiger partial charge in [0.25, 0.3) is 0 Å². The van der Waals surface area contributed by atoms with Gasteiger partial charge in [-0.2, -0.15) is 0 Å². The summed E-state index contributed by atoms with van der Waals surface area (Å²) in [5, 5.41) is 0.328. The summed E-state index contributed by atoms with van der Waals surface area (Å²) in [6.45, 7) is 2.82. The van der Waals surface area contributed by atoms with Crippen LogP contribution in [0.15, 0.2) is 30.3 Å². The second-order valence-electron chi connectivity index (χ2n) is 8.49. The number of benzene rings is 2. The molecular formula is C25H29ClN2O5. The molecule has 1 fully saturated rings. The number of nitrogens with zero attached hydrogens (tertiary/aromatic N) is 1. The quantitative estimate of drug-likeness (QED) is 0.269. The van der Waals surface area contributed by atoms with Crippen LogP contribution in [0.3, 0.4) is 0 Å².